The van der Waals surface area contributed by atoms with Gasteiger partial charge >= 0.3 is 0 Å². The first kappa shape index (κ1) is 19.9. The SMILES string of the molecule is COc1ccc(N2CC(C(=O)N(Cc3cccs3)CC3CCCO3)CC2=O)cc1. The van der Waals surface area contributed by atoms with Gasteiger partial charge < -0.3 is 19.3 Å². The molecule has 2 aromatic rings. The van der Waals surface area contributed by atoms with Crippen molar-refractivity contribution in [2.45, 2.75) is 31.9 Å². The van der Waals surface area contributed by atoms with E-state index in [0.717, 1.165) is 35.8 Å². The molecule has 0 saturated carbocycles. The van der Waals surface area contributed by atoms with E-state index in [1.165, 1.54) is 0 Å². The summed E-state index contributed by atoms with van der Waals surface area (Å²) in [6.45, 7) is 2.34. The zero-order valence-electron chi connectivity index (χ0n) is 16.6. The molecule has 2 aliphatic rings. The van der Waals surface area contributed by atoms with Crippen LogP contribution < -0.4 is 9.64 Å². The van der Waals surface area contributed by atoms with Gasteiger partial charge in [-0.3, -0.25) is 9.59 Å². The average Bonchev–Trinajstić information content (AvgIpc) is 3.50. The van der Waals surface area contributed by atoms with Crippen molar-refractivity contribution in [1.29, 1.82) is 0 Å². The summed E-state index contributed by atoms with van der Waals surface area (Å²) >= 11 is 1.65. The molecule has 2 unspecified atom stereocenters. The lowest BCUT2D eigenvalue weighted by Gasteiger charge is -2.27. The Morgan fingerprint density at radius 3 is 2.79 bits per heavy atom. The minimum absolute atomic E-state index is 0.0123. The number of benzene rings is 1. The molecule has 1 aromatic carbocycles. The van der Waals surface area contributed by atoms with Crippen LogP contribution in [0.4, 0.5) is 5.69 Å². The van der Waals surface area contributed by atoms with Crippen LogP contribution in [0.2, 0.25) is 0 Å². The Hall–Kier alpha value is -2.38. The van der Waals surface area contributed by atoms with E-state index in [9.17, 15) is 9.59 Å². The molecular formula is C22H26N2O4S. The smallest absolute Gasteiger partial charge is 0.228 e. The van der Waals surface area contributed by atoms with Gasteiger partial charge in [0, 0.05) is 36.7 Å². The Morgan fingerprint density at radius 1 is 1.31 bits per heavy atom. The van der Waals surface area contributed by atoms with Crippen LogP contribution in [0.15, 0.2) is 41.8 Å². The number of carbonyl (C=O) groups is 2. The summed E-state index contributed by atoms with van der Waals surface area (Å²) in [4.78, 5) is 30.7. The van der Waals surface area contributed by atoms with Gasteiger partial charge in [0.1, 0.15) is 5.75 Å². The monoisotopic (exact) mass is 414 g/mol. The van der Waals surface area contributed by atoms with Gasteiger partial charge in [-0.2, -0.15) is 0 Å². The van der Waals surface area contributed by atoms with Crippen molar-refractivity contribution < 1.29 is 19.1 Å². The molecule has 0 spiro atoms. The van der Waals surface area contributed by atoms with Gasteiger partial charge in [-0.15, -0.1) is 11.3 Å². The highest BCUT2D eigenvalue weighted by molar-refractivity contribution is 7.09. The van der Waals surface area contributed by atoms with Crippen molar-refractivity contribution in [2.24, 2.45) is 5.92 Å². The van der Waals surface area contributed by atoms with Crippen LogP contribution in [-0.2, 0) is 20.9 Å². The number of methoxy groups -OCH3 is 1. The van der Waals surface area contributed by atoms with E-state index in [2.05, 4.69) is 0 Å². The van der Waals surface area contributed by atoms with Gasteiger partial charge in [-0.25, -0.2) is 0 Å². The molecule has 29 heavy (non-hydrogen) atoms. The lowest BCUT2D eigenvalue weighted by molar-refractivity contribution is -0.138. The van der Waals surface area contributed by atoms with E-state index in [1.54, 1.807) is 23.3 Å². The predicted octanol–water partition coefficient (Wildman–Crippen LogP) is 3.32. The molecule has 0 N–H and O–H groups in total. The molecule has 6 nitrogen and oxygen atoms in total. The fourth-order valence-electron chi connectivity index (χ4n) is 4.00. The first-order valence-electron chi connectivity index (χ1n) is 10.0. The average molecular weight is 415 g/mol. The Labute approximate surface area is 175 Å². The van der Waals surface area contributed by atoms with E-state index in [0.29, 0.717) is 19.6 Å². The number of thiophene rings is 1. The van der Waals surface area contributed by atoms with Crippen molar-refractivity contribution in [3.8, 4) is 5.75 Å². The van der Waals surface area contributed by atoms with Gasteiger partial charge in [0.25, 0.3) is 0 Å². The largest absolute Gasteiger partial charge is 0.497 e. The van der Waals surface area contributed by atoms with Crippen LogP contribution in [0, 0.1) is 5.92 Å². The molecule has 4 rings (SSSR count). The summed E-state index contributed by atoms with van der Waals surface area (Å²) in [7, 11) is 1.61. The molecule has 1 aromatic heterocycles. The third-order valence-electron chi connectivity index (χ3n) is 5.54. The van der Waals surface area contributed by atoms with Gasteiger partial charge in [0.05, 0.1) is 25.7 Å². The number of anilines is 1. The fraction of sp³-hybridized carbons (Fsp3) is 0.455. The normalized spacial score (nSPS) is 21.6. The number of carbonyl (C=O) groups excluding carboxylic acids is 2. The second-order valence-corrected chi connectivity index (χ2v) is 8.57. The highest BCUT2D eigenvalue weighted by Gasteiger charge is 2.38. The summed E-state index contributed by atoms with van der Waals surface area (Å²) in [5, 5.41) is 2.02. The molecule has 3 heterocycles. The molecule has 2 fully saturated rings. The summed E-state index contributed by atoms with van der Waals surface area (Å²) in [6.07, 6.45) is 2.36. The zero-order valence-corrected chi connectivity index (χ0v) is 17.4. The van der Waals surface area contributed by atoms with E-state index in [1.807, 2.05) is 46.7 Å². The lowest BCUT2D eigenvalue weighted by atomic mass is 10.1. The van der Waals surface area contributed by atoms with Gasteiger partial charge in [-0.1, -0.05) is 6.07 Å². The topological polar surface area (TPSA) is 59.1 Å². The van der Waals surface area contributed by atoms with Crippen molar-refractivity contribution in [2.75, 3.05) is 31.7 Å². The van der Waals surface area contributed by atoms with Crippen molar-refractivity contribution in [3.05, 3.63) is 46.7 Å². The van der Waals surface area contributed by atoms with E-state index in [4.69, 9.17) is 9.47 Å². The summed E-state index contributed by atoms with van der Waals surface area (Å²) < 4.78 is 11.0. The second kappa shape index (κ2) is 8.97. The minimum atomic E-state index is -0.328. The molecular weight excluding hydrogens is 388 g/mol. The van der Waals surface area contributed by atoms with E-state index in [-0.39, 0.29) is 30.3 Å². The maximum Gasteiger partial charge on any atom is 0.228 e. The van der Waals surface area contributed by atoms with Crippen LogP contribution in [0.3, 0.4) is 0 Å². The summed E-state index contributed by atoms with van der Waals surface area (Å²) in [5.41, 5.74) is 0.801. The van der Waals surface area contributed by atoms with Crippen molar-refractivity contribution in [1.82, 2.24) is 4.90 Å². The standard InChI is InChI=1S/C22H26N2O4S/c1-27-18-8-6-17(7-9-18)24-13-16(12-21(24)25)22(26)23(14-19-4-2-10-28-19)15-20-5-3-11-29-20/h3,5-9,11,16,19H,2,4,10,12-15H2,1H3. The number of nitrogens with zero attached hydrogens (tertiary/aromatic N) is 2. The number of amides is 2. The fourth-order valence-corrected chi connectivity index (χ4v) is 4.72. The zero-order chi connectivity index (χ0) is 20.2. The summed E-state index contributed by atoms with van der Waals surface area (Å²) in [6, 6.07) is 11.4. The highest BCUT2D eigenvalue weighted by Crippen LogP contribution is 2.29. The molecule has 2 aliphatic heterocycles. The maximum absolute atomic E-state index is 13.4. The Kier molecular flexibility index (Phi) is 6.16. The third-order valence-corrected chi connectivity index (χ3v) is 6.41. The first-order valence-corrected chi connectivity index (χ1v) is 10.9. The summed E-state index contributed by atoms with van der Waals surface area (Å²) in [5.74, 6) is 0.442. The van der Waals surface area contributed by atoms with Crippen molar-refractivity contribution >= 4 is 28.8 Å². The second-order valence-electron chi connectivity index (χ2n) is 7.54. The van der Waals surface area contributed by atoms with Crippen LogP contribution in [0.5, 0.6) is 5.75 Å². The molecule has 154 valence electrons. The van der Waals surface area contributed by atoms with Crippen LogP contribution in [0.1, 0.15) is 24.1 Å². The third kappa shape index (κ3) is 4.62. The predicted molar refractivity (Wildman–Crippen MR) is 112 cm³/mol. The van der Waals surface area contributed by atoms with E-state index < -0.39 is 0 Å². The number of hydrogen-bond acceptors (Lipinski definition) is 5. The number of ether oxygens (including phenoxy) is 2. The molecule has 7 heteroatoms. The number of rotatable bonds is 7. The van der Waals surface area contributed by atoms with Gasteiger partial charge in [0.2, 0.25) is 11.8 Å². The van der Waals surface area contributed by atoms with Gasteiger partial charge in [-0.05, 0) is 48.6 Å². The molecule has 2 saturated heterocycles. The van der Waals surface area contributed by atoms with Crippen LogP contribution >= 0.6 is 11.3 Å². The van der Waals surface area contributed by atoms with Crippen LogP contribution in [-0.4, -0.2) is 49.6 Å². The van der Waals surface area contributed by atoms with Crippen LogP contribution in [0.25, 0.3) is 0 Å². The maximum atomic E-state index is 13.4. The van der Waals surface area contributed by atoms with Gasteiger partial charge in [0.15, 0.2) is 0 Å². The highest BCUT2D eigenvalue weighted by atomic mass is 32.1. The quantitative estimate of drug-likeness (QED) is 0.697. The molecule has 0 aliphatic carbocycles. The molecule has 2 atom stereocenters. The lowest BCUT2D eigenvalue weighted by Crippen LogP contribution is -2.41. The Morgan fingerprint density at radius 2 is 2.14 bits per heavy atom. The van der Waals surface area contributed by atoms with Crippen molar-refractivity contribution in [3.63, 3.8) is 0 Å². The minimum Gasteiger partial charge on any atom is -0.497 e. The molecule has 0 radical (unpaired) electrons. The first-order chi connectivity index (χ1) is 14.1. The Balaban J connectivity index is 1.46. The number of hydrogen-bond donors (Lipinski definition) is 0. The molecule has 0 bridgehead atoms. The molecule has 2 amide bonds. The van der Waals surface area contributed by atoms with E-state index >= 15 is 0 Å². The Bertz CT molecular complexity index is 831.